The normalized spacial score (nSPS) is 17.6. The zero-order valence-corrected chi connectivity index (χ0v) is 8.65. The van der Waals surface area contributed by atoms with E-state index in [1.54, 1.807) is 6.07 Å². The van der Waals surface area contributed by atoms with Crippen molar-refractivity contribution in [3.8, 4) is 0 Å². The lowest BCUT2D eigenvalue weighted by molar-refractivity contribution is 0.0696. The Balaban J connectivity index is 2.19. The Labute approximate surface area is 89.2 Å². The Bertz CT molecular complexity index is 356. The van der Waals surface area contributed by atoms with Gasteiger partial charge in [0.05, 0.1) is 5.56 Å². The van der Waals surface area contributed by atoms with Crippen LogP contribution in [0.1, 0.15) is 53.9 Å². The van der Waals surface area contributed by atoms with Gasteiger partial charge in [0, 0.05) is 12.4 Å². The summed E-state index contributed by atoms with van der Waals surface area (Å²) in [5.74, 6) is -0.370. The van der Waals surface area contributed by atoms with Gasteiger partial charge >= 0.3 is 5.97 Å². The number of carboxylic acids is 1. The van der Waals surface area contributed by atoms with Crippen LogP contribution in [0.4, 0.5) is 0 Å². The van der Waals surface area contributed by atoms with E-state index in [4.69, 9.17) is 5.11 Å². The quantitative estimate of drug-likeness (QED) is 0.807. The van der Waals surface area contributed by atoms with Crippen molar-refractivity contribution in [3.05, 3.63) is 29.6 Å². The molecule has 0 amide bonds. The lowest BCUT2D eigenvalue weighted by atomic mass is 9.84. The van der Waals surface area contributed by atoms with Gasteiger partial charge in [-0.2, -0.15) is 0 Å². The van der Waals surface area contributed by atoms with Gasteiger partial charge in [0.25, 0.3) is 0 Å². The molecular formula is C12H15NO2. The van der Waals surface area contributed by atoms with E-state index in [0.29, 0.717) is 11.5 Å². The van der Waals surface area contributed by atoms with Gasteiger partial charge in [0.2, 0.25) is 0 Å². The molecule has 0 bridgehead atoms. The van der Waals surface area contributed by atoms with Crippen LogP contribution in [-0.2, 0) is 0 Å². The fourth-order valence-electron chi connectivity index (χ4n) is 2.23. The number of aromatic nitrogens is 1. The van der Waals surface area contributed by atoms with Gasteiger partial charge in [0.1, 0.15) is 0 Å². The zero-order chi connectivity index (χ0) is 10.7. The first-order valence-electron chi connectivity index (χ1n) is 5.45. The molecule has 1 N–H and O–H groups in total. The van der Waals surface area contributed by atoms with Gasteiger partial charge in [-0.15, -0.1) is 0 Å². The second kappa shape index (κ2) is 4.43. The molecule has 0 spiro atoms. The lowest BCUT2D eigenvalue weighted by Crippen LogP contribution is -2.06. The number of pyridine rings is 1. The highest BCUT2D eigenvalue weighted by molar-refractivity contribution is 5.87. The van der Waals surface area contributed by atoms with Crippen molar-refractivity contribution < 1.29 is 9.90 Å². The Hall–Kier alpha value is -1.38. The SMILES string of the molecule is O=C(O)c1cncc(C2CCCCC2)c1. The molecule has 1 fully saturated rings. The highest BCUT2D eigenvalue weighted by atomic mass is 16.4. The molecule has 2 rings (SSSR count). The summed E-state index contributed by atoms with van der Waals surface area (Å²) in [4.78, 5) is 14.8. The van der Waals surface area contributed by atoms with Gasteiger partial charge < -0.3 is 5.11 Å². The largest absolute Gasteiger partial charge is 0.478 e. The number of aromatic carboxylic acids is 1. The molecule has 1 aromatic rings. The maximum absolute atomic E-state index is 10.8. The van der Waals surface area contributed by atoms with Crippen LogP contribution in [0.2, 0.25) is 0 Å². The van der Waals surface area contributed by atoms with Gasteiger partial charge in [-0.1, -0.05) is 19.3 Å². The Morgan fingerprint density at radius 2 is 2.00 bits per heavy atom. The van der Waals surface area contributed by atoms with Crippen LogP contribution in [0.25, 0.3) is 0 Å². The van der Waals surface area contributed by atoms with Crippen molar-refractivity contribution in [1.82, 2.24) is 4.98 Å². The van der Waals surface area contributed by atoms with Crippen molar-refractivity contribution in [3.63, 3.8) is 0 Å². The molecule has 0 atom stereocenters. The van der Waals surface area contributed by atoms with Gasteiger partial charge in [-0.3, -0.25) is 4.98 Å². The fourth-order valence-corrected chi connectivity index (χ4v) is 2.23. The average Bonchev–Trinajstić information content (AvgIpc) is 2.30. The third-order valence-electron chi connectivity index (χ3n) is 3.08. The summed E-state index contributed by atoms with van der Waals surface area (Å²) in [6.07, 6.45) is 9.37. The first kappa shape index (κ1) is 10.1. The molecule has 0 radical (unpaired) electrons. The van der Waals surface area contributed by atoms with E-state index >= 15 is 0 Å². The topological polar surface area (TPSA) is 50.2 Å². The van der Waals surface area contributed by atoms with E-state index < -0.39 is 5.97 Å². The second-order valence-electron chi connectivity index (χ2n) is 4.15. The van der Waals surface area contributed by atoms with Crippen LogP contribution in [0.15, 0.2) is 18.5 Å². The molecule has 3 heteroatoms. The Morgan fingerprint density at radius 3 is 2.67 bits per heavy atom. The first-order chi connectivity index (χ1) is 7.27. The van der Waals surface area contributed by atoms with Crippen LogP contribution in [0.5, 0.6) is 0 Å². The van der Waals surface area contributed by atoms with Crippen molar-refractivity contribution in [2.45, 2.75) is 38.0 Å². The number of carboxylic acid groups (broad SMARTS) is 1. The standard InChI is InChI=1S/C12H15NO2/c14-12(15)11-6-10(7-13-8-11)9-4-2-1-3-5-9/h6-9H,1-5H2,(H,14,15). The molecule has 0 saturated heterocycles. The van der Waals surface area contributed by atoms with Crippen LogP contribution in [-0.4, -0.2) is 16.1 Å². The van der Waals surface area contributed by atoms with Crippen molar-refractivity contribution in [2.75, 3.05) is 0 Å². The third-order valence-corrected chi connectivity index (χ3v) is 3.08. The molecule has 0 unspecified atom stereocenters. The molecular weight excluding hydrogens is 190 g/mol. The first-order valence-corrected chi connectivity index (χ1v) is 5.45. The number of rotatable bonds is 2. The number of nitrogens with zero attached hydrogens (tertiary/aromatic N) is 1. The summed E-state index contributed by atoms with van der Waals surface area (Å²) in [7, 11) is 0. The molecule has 1 aromatic heterocycles. The molecule has 3 nitrogen and oxygen atoms in total. The van der Waals surface area contributed by atoms with E-state index in [9.17, 15) is 4.79 Å². The summed E-state index contributed by atoms with van der Waals surface area (Å²) in [5, 5.41) is 8.87. The monoisotopic (exact) mass is 205 g/mol. The van der Waals surface area contributed by atoms with E-state index in [-0.39, 0.29) is 0 Å². The number of hydrogen-bond donors (Lipinski definition) is 1. The maximum Gasteiger partial charge on any atom is 0.337 e. The van der Waals surface area contributed by atoms with Gasteiger partial charge in [0.15, 0.2) is 0 Å². The zero-order valence-electron chi connectivity index (χ0n) is 8.65. The van der Waals surface area contributed by atoms with Crippen molar-refractivity contribution >= 4 is 5.97 Å². The Morgan fingerprint density at radius 1 is 1.27 bits per heavy atom. The number of carbonyl (C=O) groups is 1. The van der Waals surface area contributed by atoms with Crippen LogP contribution >= 0.6 is 0 Å². The van der Waals surface area contributed by atoms with Gasteiger partial charge in [-0.05, 0) is 30.4 Å². The minimum Gasteiger partial charge on any atom is -0.478 e. The predicted molar refractivity (Wildman–Crippen MR) is 57.0 cm³/mol. The van der Waals surface area contributed by atoms with E-state index in [2.05, 4.69) is 4.98 Å². The minimum absolute atomic E-state index is 0.304. The summed E-state index contributed by atoms with van der Waals surface area (Å²) in [5.41, 5.74) is 1.40. The summed E-state index contributed by atoms with van der Waals surface area (Å²) in [6, 6.07) is 1.77. The van der Waals surface area contributed by atoms with Crippen LogP contribution in [0, 0.1) is 0 Å². The third kappa shape index (κ3) is 2.35. The van der Waals surface area contributed by atoms with Crippen molar-refractivity contribution in [2.24, 2.45) is 0 Å². The molecule has 0 aliphatic heterocycles. The lowest BCUT2D eigenvalue weighted by Gasteiger charge is -2.21. The summed E-state index contributed by atoms with van der Waals surface area (Å²) >= 11 is 0. The maximum atomic E-state index is 10.8. The van der Waals surface area contributed by atoms with Gasteiger partial charge in [-0.25, -0.2) is 4.79 Å². The minimum atomic E-state index is -0.889. The molecule has 0 aromatic carbocycles. The summed E-state index contributed by atoms with van der Waals surface area (Å²) in [6.45, 7) is 0. The molecule has 15 heavy (non-hydrogen) atoms. The fraction of sp³-hybridized carbons (Fsp3) is 0.500. The van der Waals surface area contributed by atoms with Crippen LogP contribution < -0.4 is 0 Å². The predicted octanol–water partition coefficient (Wildman–Crippen LogP) is 2.83. The smallest absolute Gasteiger partial charge is 0.337 e. The van der Waals surface area contributed by atoms with E-state index in [1.807, 2.05) is 6.20 Å². The number of hydrogen-bond acceptors (Lipinski definition) is 2. The average molecular weight is 205 g/mol. The summed E-state index contributed by atoms with van der Waals surface area (Å²) < 4.78 is 0. The highest BCUT2D eigenvalue weighted by Crippen LogP contribution is 2.32. The molecule has 1 aliphatic carbocycles. The van der Waals surface area contributed by atoms with E-state index in [1.165, 1.54) is 38.3 Å². The highest BCUT2D eigenvalue weighted by Gasteiger charge is 2.16. The van der Waals surface area contributed by atoms with Crippen molar-refractivity contribution in [1.29, 1.82) is 0 Å². The second-order valence-corrected chi connectivity index (χ2v) is 4.15. The molecule has 1 heterocycles. The van der Waals surface area contributed by atoms with E-state index in [0.717, 1.165) is 5.56 Å². The molecule has 80 valence electrons. The molecule has 1 aliphatic rings. The molecule has 1 saturated carbocycles. The Kier molecular flexibility index (Phi) is 2.99. The van der Waals surface area contributed by atoms with Crippen LogP contribution in [0.3, 0.4) is 0 Å².